The normalized spacial score (nSPS) is 20.8. The van der Waals surface area contributed by atoms with Gasteiger partial charge in [-0.1, -0.05) is 0 Å². The van der Waals surface area contributed by atoms with Crippen LogP contribution in [0.15, 0.2) is 34.7 Å². The molecule has 1 unspecified atom stereocenters. The van der Waals surface area contributed by atoms with Gasteiger partial charge in [0, 0.05) is 19.5 Å². The molecule has 3 heterocycles. The number of halogens is 3. The molecule has 1 saturated heterocycles. The third-order valence-corrected chi connectivity index (χ3v) is 7.89. The van der Waals surface area contributed by atoms with Crippen LogP contribution in [0.3, 0.4) is 0 Å². The van der Waals surface area contributed by atoms with E-state index in [1.54, 1.807) is 12.3 Å². The van der Waals surface area contributed by atoms with Crippen LogP contribution in [0.4, 0.5) is 23.9 Å². The number of hydrogen-bond acceptors (Lipinski definition) is 6. The number of nitrogens with zero attached hydrogens (tertiary/aromatic N) is 1. The first-order chi connectivity index (χ1) is 13.7. The second kappa shape index (κ2) is 7.22. The summed E-state index contributed by atoms with van der Waals surface area (Å²) in [5.41, 5.74) is 1.26. The molecule has 156 valence electrons. The molecule has 1 atom stereocenters. The van der Waals surface area contributed by atoms with Crippen molar-refractivity contribution in [3.05, 3.63) is 47.4 Å². The molecule has 0 radical (unpaired) electrons. The van der Waals surface area contributed by atoms with E-state index in [1.165, 1.54) is 29.2 Å². The van der Waals surface area contributed by atoms with Crippen molar-refractivity contribution in [2.45, 2.75) is 29.2 Å². The number of fused-ring (bicyclic) bond motifs is 1. The summed E-state index contributed by atoms with van der Waals surface area (Å²) >= 11 is 0.876. The van der Waals surface area contributed by atoms with Gasteiger partial charge in [0.25, 0.3) is 15.9 Å². The van der Waals surface area contributed by atoms with Crippen LogP contribution in [0.5, 0.6) is 0 Å². The molecule has 4 rings (SSSR count). The number of thiophene rings is 1. The zero-order valence-electron chi connectivity index (χ0n) is 15.0. The fraction of sp³-hybridized carbons (Fsp3) is 0.333. The Kier molecular flexibility index (Phi) is 4.99. The zero-order valence-corrected chi connectivity index (χ0v) is 16.7. The Morgan fingerprint density at radius 3 is 2.86 bits per heavy atom. The summed E-state index contributed by atoms with van der Waals surface area (Å²) in [7, 11) is -4.06. The van der Waals surface area contributed by atoms with Gasteiger partial charge in [-0.3, -0.25) is 4.72 Å². The van der Waals surface area contributed by atoms with Crippen LogP contribution in [0, 0.1) is 5.82 Å². The van der Waals surface area contributed by atoms with Gasteiger partial charge in [0.2, 0.25) is 0 Å². The second-order valence-corrected chi connectivity index (χ2v) is 9.89. The van der Waals surface area contributed by atoms with Crippen molar-refractivity contribution < 1.29 is 26.7 Å². The van der Waals surface area contributed by atoms with Crippen LogP contribution >= 0.6 is 11.3 Å². The van der Waals surface area contributed by atoms with Crippen molar-refractivity contribution in [2.24, 2.45) is 0 Å². The average Bonchev–Trinajstić information content (AvgIpc) is 3.15. The highest BCUT2D eigenvalue weighted by molar-refractivity contribution is 7.94. The van der Waals surface area contributed by atoms with Crippen molar-refractivity contribution in [2.75, 3.05) is 22.7 Å². The Labute approximate surface area is 169 Å². The molecule has 1 aromatic heterocycles. The van der Waals surface area contributed by atoms with Crippen LogP contribution in [0.2, 0.25) is 0 Å². The average molecular weight is 445 g/mol. The molecule has 0 amide bonds. The summed E-state index contributed by atoms with van der Waals surface area (Å²) < 4.78 is 68.9. The van der Waals surface area contributed by atoms with Gasteiger partial charge in [-0.25, -0.2) is 21.6 Å². The van der Waals surface area contributed by atoms with E-state index in [1.807, 2.05) is 0 Å². The number of β-amino-alcohol motifs (C(OH)–C–C–N with tert-alkyl or cyclic N) is 1. The molecule has 0 bridgehead atoms. The summed E-state index contributed by atoms with van der Waals surface area (Å²) in [5, 5.41) is 13.0. The minimum atomic E-state index is -4.06. The quantitative estimate of drug-likeness (QED) is 0.674. The first-order valence-corrected chi connectivity index (χ1v) is 11.1. The van der Waals surface area contributed by atoms with Gasteiger partial charge in [0.05, 0.1) is 17.2 Å². The number of rotatable bonds is 4. The summed E-state index contributed by atoms with van der Waals surface area (Å²) in [4.78, 5) is 1.52. The lowest BCUT2D eigenvalue weighted by Crippen LogP contribution is -2.50. The second-order valence-electron chi connectivity index (χ2n) is 6.92. The lowest BCUT2D eigenvalue weighted by Gasteiger charge is -2.36. The zero-order chi connectivity index (χ0) is 20.8. The van der Waals surface area contributed by atoms with Crippen molar-refractivity contribution in [1.29, 1.82) is 0 Å². The summed E-state index contributed by atoms with van der Waals surface area (Å²) in [5.74, 6) is -3.85. The molecule has 3 N–H and O–H groups in total. The molecule has 2 aliphatic heterocycles. The topological polar surface area (TPSA) is 81.7 Å². The van der Waals surface area contributed by atoms with Gasteiger partial charge in [-0.2, -0.15) is 0 Å². The molecular weight excluding hydrogens is 427 g/mol. The van der Waals surface area contributed by atoms with Crippen LogP contribution < -0.4 is 14.9 Å². The lowest BCUT2D eigenvalue weighted by atomic mass is 10.0. The van der Waals surface area contributed by atoms with Crippen molar-refractivity contribution >= 4 is 38.1 Å². The van der Waals surface area contributed by atoms with Gasteiger partial charge >= 0.3 is 0 Å². The van der Waals surface area contributed by atoms with Crippen molar-refractivity contribution in [3.63, 3.8) is 0 Å². The number of benzene rings is 1. The predicted octanol–water partition coefficient (Wildman–Crippen LogP) is 2.97. The molecule has 29 heavy (non-hydrogen) atoms. The maximum atomic E-state index is 14.4. The third-order valence-electron chi connectivity index (χ3n) is 4.89. The smallest absolute Gasteiger partial charge is 0.276 e. The number of alkyl halides is 2. The van der Waals surface area contributed by atoms with Gasteiger partial charge in [-0.15, -0.1) is 11.3 Å². The van der Waals surface area contributed by atoms with Gasteiger partial charge in [0.1, 0.15) is 16.1 Å². The van der Waals surface area contributed by atoms with E-state index >= 15 is 0 Å². The standard InChI is InChI=1S/C18H18F3N3O3S2/c19-13-7-11-3-5-22-9-12(11)8-14(13)23-29(26,27)17-2-1-16(28-17)24-6-4-18(20,21)15(25)10-24/h1-3,5,7-8,15,22-23,25H,4,6,9-10H2. The molecule has 0 spiro atoms. The van der Waals surface area contributed by atoms with Crippen LogP contribution in [0.1, 0.15) is 17.5 Å². The fourth-order valence-corrected chi connectivity index (χ4v) is 5.63. The van der Waals surface area contributed by atoms with E-state index in [9.17, 15) is 26.7 Å². The van der Waals surface area contributed by atoms with E-state index in [0.717, 1.165) is 16.9 Å². The highest BCUT2D eigenvalue weighted by atomic mass is 32.2. The maximum Gasteiger partial charge on any atom is 0.276 e. The lowest BCUT2D eigenvalue weighted by molar-refractivity contribution is -0.117. The number of anilines is 2. The number of sulfonamides is 1. The SMILES string of the molecule is O=S(=O)(Nc1cc2c(cc1F)C=CNC2)c1ccc(N2CCC(F)(F)C(O)C2)s1. The Morgan fingerprint density at radius 1 is 1.31 bits per heavy atom. The van der Waals surface area contributed by atoms with Crippen LogP contribution in [-0.4, -0.2) is 38.6 Å². The van der Waals surface area contributed by atoms with Gasteiger partial charge in [0.15, 0.2) is 0 Å². The number of aliphatic hydroxyl groups excluding tert-OH is 1. The molecular formula is C18H18F3N3O3S2. The molecule has 11 heteroatoms. The first kappa shape index (κ1) is 20.0. The van der Waals surface area contributed by atoms with Crippen molar-refractivity contribution in [3.8, 4) is 0 Å². The number of aliphatic hydroxyl groups is 1. The number of nitrogens with one attached hydrogen (secondary N) is 2. The van der Waals surface area contributed by atoms with Crippen LogP contribution in [0.25, 0.3) is 6.08 Å². The Hall–Kier alpha value is -2.24. The Bertz CT molecular complexity index is 1070. The minimum absolute atomic E-state index is 0.00252. The first-order valence-electron chi connectivity index (χ1n) is 8.81. The fourth-order valence-electron chi connectivity index (χ4n) is 3.24. The molecule has 6 nitrogen and oxygen atoms in total. The monoisotopic (exact) mass is 445 g/mol. The molecule has 2 aromatic rings. The Morgan fingerprint density at radius 2 is 2.10 bits per heavy atom. The number of piperidine rings is 1. The van der Waals surface area contributed by atoms with E-state index in [4.69, 9.17) is 0 Å². The Balaban J connectivity index is 1.54. The predicted molar refractivity (Wildman–Crippen MR) is 105 cm³/mol. The maximum absolute atomic E-state index is 14.4. The molecule has 0 saturated carbocycles. The number of hydrogen-bond donors (Lipinski definition) is 3. The third kappa shape index (κ3) is 3.94. The minimum Gasteiger partial charge on any atom is -0.387 e. The summed E-state index contributed by atoms with van der Waals surface area (Å²) in [6.45, 7) is 0.157. The summed E-state index contributed by atoms with van der Waals surface area (Å²) in [6.07, 6.45) is 1.05. The van der Waals surface area contributed by atoms with Crippen LogP contribution in [-0.2, 0) is 16.6 Å². The highest BCUT2D eigenvalue weighted by Crippen LogP contribution is 2.36. The van der Waals surface area contributed by atoms with E-state index in [0.29, 0.717) is 17.1 Å². The van der Waals surface area contributed by atoms with E-state index < -0.39 is 34.3 Å². The largest absolute Gasteiger partial charge is 0.387 e. The highest BCUT2D eigenvalue weighted by Gasteiger charge is 2.43. The summed E-state index contributed by atoms with van der Waals surface area (Å²) in [6, 6.07) is 5.53. The molecule has 1 fully saturated rings. The molecule has 2 aliphatic rings. The van der Waals surface area contributed by atoms with Gasteiger partial charge < -0.3 is 15.3 Å². The van der Waals surface area contributed by atoms with E-state index in [2.05, 4.69) is 10.0 Å². The molecule has 0 aliphatic carbocycles. The van der Waals surface area contributed by atoms with E-state index in [-0.39, 0.29) is 23.0 Å². The van der Waals surface area contributed by atoms with Crippen molar-refractivity contribution in [1.82, 2.24) is 5.32 Å². The molecule has 1 aromatic carbocycles. The van der Waals surface area contributed by atoms with Gasteiger partial charge in [-0.05, 0) is 47.7 Å².